The number of rotatable bonds is 5. The summed E-state index contributed by atoms with van der Waals surface area (Å²) >= 11 is 1.52. The molecule has 0 rings (SSSR count). The van der Waals surface area contributed by atoms with Crippen molar-refractivity contribution in [2.24, 2.45) is 0 Å². The van der Waals surface area contributed by atoms with E-state index >= 15 is 0 Å². The molecule has 72 valence electrons. The molecular formula is C8H11NO3S. The van der Waals surface area contributed by atoms with E-state index in [0.29, 0.717) is 12.2 Å². The molecule has 2 N–H and O–H groups in total. The lowest BCUT2D eigenvalue weighted by Gasteiger charge is -2.10. The van der Waals surface area contributed by atoms with Gasteiger partial charge in [0.05, 0.1) is 0 Å². The number of terminal acetylenes is 1. The molecule has 0 bridgehead atoms. The van der Waals surface area contributed by atoms with Crippen LogP contribution in [0.25, 0.3) is 0 Å². The van der Waals surface area contributed by atoms with Gasteiger partial charge in [-0.2, -0.15) is 11.8 Å². The number of hydrogen-bond acceptors (Lipinski definition) is 3. The lowest BCUT2D eigenvalue weighted by Crippen LogP contribution is -2.40. The Morgan fingerprint density at radius 3 is 2.69 bits per heavy atom. The summed E-state index contributed by atoms with van der Waals surface area (Å²) in [5.41, 5.74) is 0. The Morgan fingerprint density at radius 2 is 2.31 bits per heavy atom. The molecule has 0 fully saturated rings. The largest absolute Gasteiger partial charge is 0.480 e. The number of nitrogens with one attached hydrogen (secondary N) is 1. The predicted molar refractivity (Wildman–Crippen MR) is 51.4 cm³/mol. The maximum absolute atomic E-state index is 10.7. The highest BCUT2D eigenvalue weighted by molar-refractivity contribution is 7.98. The summed E-state index contributed by atoms with van der Waals surface area (Å²) in [6, 6.07) is -0.879. The molecule has 0 aliphatic carbocycles. The number of carboxylic acids is 1. The van der Waals surface area contributed by atoms with Crippen molar-refractivity contribution in [2.45, 2.75) is 12.5 Å². The molecule has 0 aromatic rings. The number of carbonyl (C=O) groups is 2. The van der Waals surface area contributed by atoms with E-state index in [1.54, 1.807) is 5.92 Å². The minimum absolute atomic E-state index is 0.379. The fourth-order valence-electron chi connectivity index (χ4n) is 0.693. The molecule has 0 aromatic carbocycles. The molecule has 1 atom stereocenters. The van der Waals surface area contributed by atoms with Gasteiger partial charge in [-0.15, -0.1) is 6.42 Å². The fourth-order valence-corrected chi connectivity index (χ4v) is 1.16. The van der Waals surface area contributed by atoms with E-state index < -0.39 is 17.9 Å². The number of aliphatic carboxylic acids is 1. The van der Waals surface area contributed by atoms with Gasteiger partial charge in [-0.3, -0.25) is 4.79 Å². The van der Waals surface area contributed by atoms with E-state index in [4.69, 9.17) is 11.5 Å². The van der Waals surface area contributed by atoms with Crippen molar-refractivity contribution in [1.82, 2.24) is 5.32 Å². The fraction of sp³-hybridized carbons (Fsp3) is 0.500. The third kappa shape index (κ3) is 5.15. The predicted octanol–water partition coefficient (Wildman–Crippen LogP) is -0.0579. The summed E-state index contributed by atoms with van der Waals surface area (Å²) in [6.07, 6.45) is 7.03. The smallest absolute Gasteiger partial charge is 0.326 e. The molecule has 4 nitrogen and oxygen atoms in total. The zero-order chi connectivity index (χ0) is 10.3. The SMILES string of the molecule is C#CC(=O)NC(CCSC)C(=O)O. The Labute approximate surface area is 81.1 Å². The van der Waals surface area contributed by atoms with Crippen LogP contribution in [0.5, 0.6) is 0 Å². The van der Waals surface area contributed by atoms with E-state index in [9.17, 15) is 9.59 Å². The van der Waals surface area contributed by atoms with Crippen LogP contribution in [-0.2, 0) is 9.59 Å². The summed E-state index contributed by atoms with van der Waals surface area (Å²) < 4.78 is 0. The van der Waals surface area contributed by atoms with E-state index in [1.165, 1.54) is 11.8 Å². The van der Waals surface area contributed by atoms with Crippen LogP contribution < -0.4 is 5.32 Å². The van der Waals surface area contributed by atoms with Crippen LogP contribution in [0, 0.1) is 12.3 Å². The summed E-state index contributed by atoms with van der Waals surface area (Å²) in [7, 11) is 0. The number of carbonyl (C=O) groups excluding carboxylic acids is 1. The molecule has 5 heteroatoms. The maximum atomic E-state index is 10.7. The second-order valence-corrected chi connectivity index (χ2v) is 3.28. The molecule has 0 saturated carbocycles. The highest BCUT2D eigenvalue weighted by Gasteiger charge is 2.17. The van der Waals surface area contributed by atoms with Crippen molar-refractivity contribution in [3.05, 3.63) is 0 Å². The van der Waals surface area contributed by atoms with Gasteiger partial charge >= 0.3 is 5.97 Å². The van der Waals surface area contributed by atoms with Gasteiger partial charge in [0.2, 0.25) is 0 Å². The van der Waals surface area contributed by atoms with Crippen molar-refractivity contribution in [1.29, 1.82) is 0 Å². The van der Waals surface area contributed by atoms with Crippen molar-refractivity contribution >= 4 is 23.6 Å². The first kappa shape index (κ1) is 11.8. The van der Waals surface area contributed by atoms with Gasteiger partial charge in [-0.25, -0.2) is 4.79 Å². The quantitative estimate of drug-likeness (QED) is 0.612. The van der Waals surface area contributed by atoms with Crippen LogP contribution >= 0.6 is 11.8 Å². The lowest BCUT2D eigenvalue weighted by molar-refractivity contribution is -0.141. The summed E-state index contributed by atoms with van der Waals surface area (Å²) in [6.45, 7) is 0. The molecule has 1 unspecified atom stereocenters. The average molecular weight is 201 g/mol. The van der Waals surface area contributed by atoms with Crippen LogP contribution in [-0.4, -0.2) is 35.0 Å². The third-order valence-corrected chi connectivity index (χ3v) is 1.99. The van der Waals surface area contributed by atoms with Crippen molar-refractivity contribution < 1.29 is 14.7 Å². The van der Waals surface area contributed by atoms with Gasteiger partial charge in [0.25, 0.3) is 5.91 Å². The van der Waals surface area contributed by atoms with Gasteiger partial charge in [-0.1, -0.05) is 0 Å². The number of carboxylic acid groups (broad SMARTS) is 1. The number of thioether (sulfide) groups is 1. The van der Waals surface area contributed by atoms with Gasteiger partial charge in [0, 0.05) is 0 Å². The van der Waals surface area contributed by atoms with Crippen LogP contribution in [0.1, 0.15) is 6.42 Å². The Hall–Kier alpha value is -1.15. The van der Waals surface area contributed by atoms with Crippen molar-refractivity contribution in [2.75, 3.05) is 12.0 Å². The van der Waals surface area contributed by atoms with Gasteiger partial charge in [0.1, 0.15) is 6.04 Å². The Morgan fingerprint density at radius 1 is 1.69 bits per heavy atom. The first-order valence-electron chi connectivity index (χ1n) is 3.60. The van der Waals surface area contributed by atoms with E-state index in [2.05, 4.69) is 5.32 Å². The monoisotopic (exact) mass is 201 g/mol. The highest BCUT2D eigenvalue weighted by atomic mass is 32.2. The van der Waals surface area contributed by atoms with Gasteiger partial charge in [-0.05, 0) is 24.3 Å². The second-order valence-electron chi connectivity index (χ2n) is 2.29. The third-order valence-electron chi connectivity index (χ3n) is 1.35. The minimum Gasteiger partial charge on any atom is -0.480 e. The Bertz CT molecular complexity index is 234. The van der Waals surface area contributed by atoms with E-state index in [0.717, 1.165) is 0 Å². The second kappa shape index (κ2) is 6.38. The van der Waals surface area contributed by atoms with Gasteiger partial charge in [0.15, 0.2) is 0 Å². The van der Waals surface area contributed by atoms with Crippen LogP contribution in [0.3, 0.4) is 0 Å². The zero-order valence-corrected chi connectivity index (χ0v) is 8.06. The summed E-state index contributed by atoms with van der Waals surface area (Å²) in [4.78, 5) is 21.2. The highest BCUT2D eigenvalue weighted by Crippen LogP contribution is 2.00. The molecule has 0 aliphatic rings. The van der Waals surface area contributed by atoms with E-state index in [-0.39, 0.29) is 0 Å². The van der Waals surface area contributed by atoms with Crippen molar-refractivity contribution in [3.63, 3.8) is 0 Å². The molecule has 0 aromatic heterocycles. The molecule has 0 spiro atoms. The topological polar surface area (TPSA) is 66.4 Å². The molecule has 0 aliphatic heterocycles. The molecule has 0 heterocycles. The maximum Gasteiger partial charge on any atom is 0.326 e. The van der Waals surface area contributed by atoms with Crippen LogP contribution in [0.2, 0.25) is 0 Å². The van der Waals surface area contributed by atoms with Gasteiger partial charge < -0.3 is 10.4 Å². The van der Waals surface area contributed by atoms with Crippen LogP contribution in [0.15, 0.2) is 0 Å². The standard InChI is InChI=1S/C8H11NO3S/c1-3-7(10)9-6(8(11)12)4-5-13-2/h1,6H,4-5H2,2H3,(H,9,10)(H,11,12). The Balaban J connectivity index is 4.04. The average Bonchev–Trinajstić information content (AvgIpc) is 2.11. The normalized spacial score (nSPS) is 11.4. The summed E-state index contributed by atoms with van der Waals surface area (Å²) in [5, 5.41) is 10.9. The van der Waals surface area contributed by atoms with E-state index in [1.807, 2.05) is 6.26 Å². The minimum atomic E-state index is -1.06. The zero-order valence-electron chi connectivity index (χ0n) is 7.24. The summed E-state index contributed by atoms with van der Waals surface area (Å²) in [5.74, 6) is 0.731. The first-order chi connectivity index (χ1) is 6.11. The molecule has 1 amide bonds. The number of hydrogen-bond donors (Lipinski definition) is 2. The van der Waals surface area contributed by atoms with Crippen molar-refractivity contribution in [3.8, 4) is 12.3 Å². The number of amides is 1. The van der Waals surface area contributed by atoms with Crippen LogP contribution in [0.4, 0.5) is 0 Å². The molecule has 0 radical (unpaired) electrons. The Kier molecular flexibility index (Phi) is 5.81. The first-order valence-corrected chi connectivity index (χ1v) is 5.00. The lowest BCUT2D eigenvalue weighted by atomic mass is 10.2. The molecule has 13 heavy (non-hydrogen) atoms. The molecular weight excluding hydrogens is 190 g/mol. The molecule has 0 saturated heterocycles.